The second kappa shape index (κ2) is 5.54. The van der Waals surface area contributed by atoms with Crippen molar-refractivity contribution in [1.29, 1.82) is 0 Å². The second-order valence-corrected chi connectivity index (χ2v) is 7.58. The van der Waals surface area contributed by atoms with Crippen LogP contribution >= 0.6 is 0 Å². The third kappa shape index (κ3) is 2.90. The Balaban J connectivity index is 3.59. The topological polar surface area (TPSA) is 62.0 Å². The summed E-state index contributed by atoms with van der Waals surface area (Å²) in [6.45, 7) is 16.4. The molecule has 0 fully saturated rings. The highest BCUT2D eigenvalue weighted by Crippen LogP contribution is 2.40. The molecule has 0 bridgehead atoms. The van der Waals surface area contributed by atoms with Crippen molar-refractivity contribution in [3.63, 3.8) is 0 Å². The molecule has 0 unspecified atom stereocenters. The molecule has 0 aromatic rings. The van der Waals surface area contributed by atoms with Crippen molar-refractivity contribution in [3.05, 3.63) is 0 Å². The van der Waals surface area contributed by atoms with Crippen LogP contribution < -0.4 is 0 Å². The minimum atomic E-state index is -1.36. The third-order valence-electron chi connectivity index (χ3n) is 4.96. The van der Waals surface area contributed by atoms with Gasteiger partial charge in [-0.2, -0.15) is 0 Å². The monoisotopic (exact) mass is 294 g/mol. The van der Waals surface area contributed by atoms with Crippen LogP contribution in [0.1, 0.15) is 68.2 Å². The number of carboxylic acids is 1. The summed E-state index contributed by atoms with van der Waals surface area (Å²) >= 11 is 0. The minimum absolute atomic E-state index is 0.169. The van der Waals surface area contributed by atoms with Crippen molar-refractivity contribution in [3.8, 4) is 0 Å². The molecule has 0 saturated carbocycles. The van der Waals surface area contributed by atoms with Gasteiger partial charge in [-0.25, -0.2) is 14.8 Å². The van der Waals surface area contributed by atoms with Crippen LogP contribution in [0.2, 0.25) is 0 Å². The van der Waals surface area contributed by atoms with Crippen molar-refractivity contribution in [1.82, 2.24) is 0 Å². The minimum Gasteiger partial charge on any atom is -0.478 e. The van der Waals surface area contributed by atoms with Crippen molar-refractivity contribution >= 4 is 17.4 Å². The van der Waals surface area contributed by atoms with Crippen LogP contribution in [0.4, 0.5) is 0 Å². The van der Waals surface area contributed by atoms with Gasteiger partial charge in [0, 0.05) is 16.7 Å². The Morgan fingerprint density at radius 3 is 1.57 bits per heavy atom. The van der Waals surface area contributed by atoms with E-state index in [0.717, 1.165) is 24.3 Å². The molecule has 1 heterocycles. The van der Waals surface area contributed by atoms with E-state index in [1.807, 2.05) is 13.8 Å². The fraction of sp³-hybridized carbons (Fsp3) is 0.824. The standard InChI is InChI=1S/C17H30N2O2/c1-9-15(5,6)12-13(16(7,8)10-2)19-17(18-12,11(3)4)14(20)21/h11H,9-10H2,1-8H3,(H,20,21). The zero-order valence-electron chi connectivity index (χ0n) is 14.7. The molecule has 0 saturated heterocycles. The van der Waals surface area contributed by atoms with E-state index in [2.05, 4.69) is 51.5 Å². The third-order valence-corrected chi connectivity index (χ3v) is 4.96. The molecular weight excluding hydrogens is 264 g/mol. The molecule has 0 aromatic carbocycles. The van der Waals surface area contributed by atoms with Gasteiger partial charge in [0.2, 0.25) is 5.66 Å². The van der Waals surface area contributed by atoms with Gasteiger partial charge in [0.1, 0.15) is 0 Å². The Kier molecular flexibility index (Phi) is 4.71. The smallest absolute Gasteiger partial charge is 0.354 e. The highest BCUT2D eigenvalue weighted by molar-refractivity contribution is 6.47. The van der Waals surface area contributed by atoms with Gasteiger partial charge in [-0.15, -0.1) is 0 Å². The van der Waals surface area contributed by atoms with E-state index >= 15 is 0 Å². The molecule has 4 heteroatoms. The number of carboxylic acid groups (broad SMARTS) is 1. The number of aliphatic carboxylic acids is 1. The van der Waals surface area contributed by atoms with E-state index < -0.39 is 11.6 Å². The molecular formula is C17H30N2O2. The highest BCUT2D eigenvalue weighted by Gasteiger charge is 2.50. The Hall–Kier alpha value is -1.19. The molecule has 1 rings (SSSR count). The number of nitrogens with zero attached hydrogens (tertiary/aromatic N) is 2. The fourth-order valence-electron chi connectivity index (χ4n) is 2.35. The van der Waals surface area contributed by atoms with Gasteiger partial charge in [0.25, 0.3) is 0 Å². The van der Waals surface area contributed by atoms with Crippen LogP contribution in [-0.2, 0) is 4.79 Å². The summed E-state index contributed by atoms with van der Waals surface area (Å²) in [6.07, 6.45) is 1.80. The predicted molar refractivity (Wildman–Crippen MR) is 88.2 cm³/mol. The Labute approximate surface area is 128 Å². The number of hydrogen-bond acceptors (Lipinski definition) is 3. The molecule has 1 aliphatic rings. The van der Waals surface area contributed by atoms with Crippen LogP contribution in [-0.4, -0.2) is 28.2 Å². The molecule has 120 valence electrons. The molecule has 0 amide bonds. The summed E-state index contributed by atoms with van der Waals surface area (Å²) < 4.78 is 0. The molecule has 1 aliphatic heterocycles. The molecule has 21 heavy (non-hydrogen) atoms. The molecule has 0 spiro atoms. The normalized spacial score (nSPS) is 18.7. The largest absolute Gasteiger partial charge is 0.478 e. The van der Waals surface area contributed by atoms with Crippen LogP contribution in [0.3, 0.4) is 0 Å². The quantitative estimate of drug-likeness (QED) is 0.798. The van der Waals surface area contributed by atoms with Gasteiger partial charge in [0.05, 0.1) is 11.4 Å². The molecule has 1 N–H and O–H groups in total. The summed E-state index contributed by atoms with van der Waals surface area (Å²) in [5, 5.41) is 9.73. The highest BCUT2D eigenvalue weighted by atomic mass is 16.4. The molecule has 0 atom stereocenters. The van der Waals surface area contributed by atoms with E-state index in [-0.39, 0.29) is 16.7 Å². The van der Waals surface area contributed by atoms with Crippen LogP contribution in [0.15, 0.2) is 9.98 Å². The van der Waals surface area contributed by atoms with Gasteiger partial charge < -0.3 is 5.11 Å². The number of rotatable bonds is 6. The Morgan fingerprint density at radius 2 is 1.38 bits per heavy atom. The summed E-state index contributed by atoms with van der Waals surface area (Å²) in [4.78, 5) is 21.2. The predicted octanol–water partition coefficient (Wildman–Crippen LogP) is 4.19. The van der Waals surface area contributed by atoms with E-state index in [1.54, 1.807) is 0 Å². The Bertz CT molecular complexity index is 453. The van der Waals surface area contributed by atoms with E-state index in [9.17, 15) is 9.90 Å². The van der Waals surface area contributed by atoms with E-state index in [4.69, 9.17) is 0 Å². The lowest BCUT2D eigenvalue weighted by Gasteiger charge is -2.31. The van der Waals surface area contributed by atoms with Crippen LogP contribution in [0.5, 0.6) is 0 Å². The number of aliphatic imine (C=N–C) groups is 2. The van der Waals surface area contributed by atoms with Gasteiger partial charge >= 0.3 is 5.97 Å². The fourth-order valence-corrected chi connectivity index (χ4v) is 2.35. The molecule has 0 aromatic heterocycles. The van der Waals surface area contributed by atoms with Gasteiger partial charge in [-0.3, -0.25) is 0 Å². The first-order chi connectivity index (χ1) is 9.44. The van der Waals surface area contributed by atoms with Crippen molar-refractivity contribution in [2.45, 2.75) is 73.9 Å². The SMILES string of the molecule is CCC(C)(C)C1=NC(C(=O)O)(C(C)C)N=C1C(C)(C)CC. The Morgan fingerprint density at radius 1 is 1.05 bits per heavy atom. The summed E-state index contributed by atoms with van der Waals surface area (Å²) in [6, 6.07) is 0. The lowest BCUT2D eigenvalue weighted by molar-refractivity contribution is -0.144. The van der Waals surface area contributed by atoms with Crippen molar-refractivity contribution in [2.24, 2.45) is 26.7 Å². The zero-order valence-corrected chi connectivity index (χ0v) is 14.7. The maximum atomic E-state index is 11.9. The average Bonchev–Trinajstić information content (AvgIpc) is 2.82. The summed E-state index contributed by atoms with van der Waals surface area (Å²) in [5.41, 5.74) is 0.0408. The lowest BCUT2D eigenvalue weighted by atomic mass is 9.73. The molecule has 0 aliphatic carbocycles. The first-order valence-electron chi connectivity index (χ1n) is 7.89. The van der Waals surface area contributed by atoms with Gasteiger partial charge in [0.15, 0.2) is 0 Å². The molecule has 0 radical (unpaired) electrons. The van der Waals surface area contributed by atoms with Crippen molar-refractivity contribution < 1.29 is 9.90 Å². The maximum Gasteiger partial charge on any atom is 0.354 e. The average molecular weight is 294 g/mol. The lowest BCUT2D eigenvalue weighted by Crippen LogP contribution is -2.39. The molecule has 4 nitrogen and oxygen atoms in total. The first-order valence-corrected chi connectivity index (χ1v) is 7.89. The van der Waals surface area contributed by atoms with Gasteiger partial charge in [-0.1, -0.05) is 55.4 Å². The summed E-state index contributed by atoms with van der Waals surface area (Å²) in [7, 11) is 0. The van der Waals surface area contributed by atoms with Crippen molar-refractivity contribution in [2.75, 3.05) is 0 Å². The van der Waals surface area contributed by atoms with Crippen LogP contribution in [0, 0.1) is 16.7 Å². The van der Waals surface area contributed by atoms with Gasteiger partial charge in [-0.05, 0) is 12.8 Å². The second-order valence-electron chi connectivity index (χ2n) is 7.58. The van der Waals surface area contributed by atoms with Crippen LogP contribution in [0.25, 0.3) is 0 Å². The first kappa shape index (κ1) is 17.9. The summed E-state index contributed by atoms with van der Waals surface area (Å²) in [5.74, 6) is -1.13. The zero-order chi connectivity index (χ0) is 16.6. The van der Waals surface area contributed by atoms with E-state index in [0.29, 0.717) is 0 Å². The number of hydrogen-bond donors (Lipinski definition) is 1. The maximum absolute atomic E-state index is 11.9. The van der Waals surface area contributed by atoms with E-state index in [1.165, 1.54) is 0 Å². The number of carbonyl (C=O) groups is 1.